The summed E-state index contributed by atoms with van der Waals surface area (Å²) in [5, 5.41) is 10.7. The van der Waals surface area contributed by atoms with E-state index in [1.165, 1.54) is 16.6 Å². The highest BCUT2D eigenvalue weighted by Crippen LogP contribution is 2.28. The first-order chi connectivity index (χ1) is 7.74. The molecule has 2 aromatic rings. The molecule has 3 nitrogen and oxygen atoms in total. The maximum Gasteiger partial charge on any atom is 0.116 e. The first-order valence-electron chi connectivity index (χ1n) is 5.75. The van der Waals surface area contributed by atoms with Crippen molar-refractivity contribution in [3.05, 3.63) is 29.5 Å². The molecule has 0 aliphatic carbocycles. The van der Waals surface area contributed by atoms with Crippen LogP contribution in [0.1, 0.15) is 11.3 Å². The van der Waals surface area contributed by atoms with Crippen LogP contribution < -0.4 is 0 Å². The van der Waals surface area contributed by atoms with Gasteiger partial charge < -0.3 is 15.0 Å². The highest BCUT2D eigenvalue weighted by molar-refractivity contribution is 5.86. The van der Waals surface area contributed by atoms with Crippen molar-refractivity contribution < 1.29 is 5.11 Å². The molecule has 0 fully saturated rings. The fraction of sp³-hybridized carbons (Fsp3) is 0.385. The average Bonchev–Trinajstić information content (AvgIpc) is 2.50. The van der Waals surface area contributed by atoms with Gasteiger partial charge in [0.2, 0.25) is 0 Å². The minimum Gasteiger partial charge on any atom is -0.508 e. The number of hydrogen-bond donors (Lipinski definition) is 2. The second kappa shape index (κ2) is 3.52. The third-order valence-corrected chi connectivity index (χ3v) is 3.47. The Hall–Kier alpha value is -1.48. The highest BCUT2D eigenvalue weighted by atomic mass is 16.3. The molecule has 16 heavy (non-hydrogen) atoms. The second-order valence-corrected chi connectivity index (χ2v) is 4.62. The number of nitrogens with zero attached hydrogens (tertiary/aromatic N) is 1. The van der Waals surface area contributed by atoms with Crippen LogP contribution in [-0.4, -0.2) is 35.1 Å². The number of benzene rings is 1. The molecule has 3 heteroatoms. The summed E-state index contributed by atoms with van der Waals surface area (Å²) >= 11 is 0. The lowest BCUT2D eigenvalue weighted by molar-refractivity contribution is 0.352. The molecular formula is C13H16N2O. The molecule has 3 rings (SSSR count). The lowest BCUT2D eigenvalue weighted by atomic mass is 10.1. The summed E-state index contributed by atoms with van der Waals surface area (Å²) in [5.41, 5.74) is 3.87. The molecule has 0 spiro atoms. The number of rotatable bonds is 0. The third kappa shape index (κ3) is 1.48. The summed E-state index contributed by atoms with van der Waals surface area (Å²) < 4.78 is 0. The van der Waals surface area contributed by atoms with Crippen molar-refractivity contribution in [1.29, 1.82) is 0 Å². The fourth-order valence-corrected chi connectivity index (χ4v) is 2.51. The topological polar surface area (TPSA) is 39.3 Å². The van der Waals surface area contributed by atoms with Crippen molar-refractivity contribution >= 4 is 10.9 Å². The van der Waals surface area contributed by atoms with Crippen LogP contribution in [0, 0.1) is 0 Å². The van der Waals surface area contributed by atoms with Gasteiger partial charge >= 0.3 is 0 Å². The van der Waals surface area contributed by atoms with E-state index in [1.807, 2.05) is 12.1 Å². The number of aromatic nitrogens is 1. The summed E-state index contributed by atoms with van der Waals surface area (Å²) in [5.74, 6) is 0.354. The van der Waals surface area contributed by atoms with Crippen molar-refractivity contribution in [2.75, 3.05) is 20.1 Å². The minimum atomic E-state index is 0.354. The molecule has 0 unspecified atom stereocenters. The highest BCUT2D eigenvalue weighted by Gasteiger charge is 2.16. The zero-order valence-electron chi connectivity index (χ0n) is 9.45. The van der Waals surface area contributed by atoms with Crippen LogP contribution in [0.2, 0.25) is 0 Å². The Bertz CT molecular complexity index is 530. The first kappa shape index (κ1) is 9.73. The first-order valence-corrected chi connectivity index (χ1v) is 5.75. The molecule has 2 N–H and O–H groups in total. The Balaban J connectivity index is 2.16. The molecule has 0 atom stereocenters. The SMILES string of the molecule is CN1CCc2[nH]c3ccc(O)cc3c2CC1. The van der Waals surface area contributed by atoms with E-state index in [9.17, 15) is 5.11 Å². The maximum absolute atomic E-state index is 9.55. The van der Waals surface area contributed by atoms with Crippen molar-refractivity contribution in [2.24, 2.45) is 0 Å². The van der Waals surface area contributed by atoms with E-state index in [0.29, 0.717) is 5.75 Å². The van der Waals surface area contributed by atoms with Gasteiger partial charge in [-0.25, -0.2) is 0 Å². The van der Waals surface area contributed by atoms with Gasteiger partial charge in [-0.1, -0.05) is 0 Å². The van der Waals surface area contributed by atoms with Crippen LogP contribution in [0.15, 0.2) is 18.2 Å². The standard InChI is InChI=1S/C13H16N2O/c1-15-6-4-10-11-8-9(16)2-3-12(11)14-13(10)5-7-15/h2-3,8,14,16H,4-7H2,1H3. The molecule has 0 amide bonds. The van der Waals surface area contributed by atoms with Crippen LogP contribution in [0.25, 0.3) is 10.9 Å². The van der Waals surface area contributed by atoms with Gasteiger partial charge in [0.1, 0.15) is 5.75 Å². The number of aromatic hydroxyl groups is 1. The van der Waals surface area contributed by atoms with E-state index in [1.54, 1.807) is 6.07 Å². The van der Waals surface area contributed by atoms with Gasteiger partial charge in [0.05, 0.1) is 0 Å². The number of phenolic OH excluding ortho intramolecular Hbond substituents is 1. The van der Waals surface area contributed by atoms with Gasteiger partial charge in [0.25, 0.3) is 0 Å². The lowest BCUT2D eigenvalue weighted by Gasteiger charge is -2.11. The van der Waals surface area contributed by atoms with Crippen LogP contribution in [-0.2, 0) is 12.8 Å². The van der Waals surface area contributed by atoms with E-state index in [-0.39, 0.29) is 0 Å². The van der Waals surface area contributed by atoms with Crippen LogP contribution >= 0.6 is 0 Å². The van der Waals surface area contributed by atoms with Crippen LogP contribution in [0.3, 0.4) is 0 Å². The van der Waals surface area contributed by atoms with E-state index in [4.69, 9.17) is 0 Å². The summed E-state index contributed by atoms with van der Waals surface area (Å²) in [7, 11) is 2.16. The predicted octanol–water partition coefficient (Wildman–Crippen LogP) is 1.90. The number of aromatic amines is 1. The van der Waals surface area contributed by atoms with Crippen molar-refractivity contribution in [2.45, 2.75) is 12.8 Å². The summed E-state index contributed by atoms with van der Waals surface area (Å²) in [6.45, 7) is 2.20. The molecular weight excluding hydrogens is 200 g/mol. The minimum absolute atomic E-state index is 0.354. The summed E-state index contributed by atoms with van der Waals surface area (Å²) in [6.07, 6.45) is 2.14. The van der Waals surface area contributed by atoms with E-state index in [0.717, 1.165) is 31.4 Å². The monoisotopic (exact) mass is 216 g/mol. The Morgan fingerprint density at radius 2 is 2.06 bits per heavy atom. The normalized spacial score (nSPS) is 17.3. The van der Waals surface area contributed by atoms with Gasteiger partial charge in [-0.15, -0.1) is 0 Å². The number of phenols is 1. The molecule has 1 aromatic carbocycles. The molecule has 0 radical (unpaired) electrons. The number of hydrogen-bond acceptors (Lipinski definition) is 2. The van der Waals surface area contributed by atoms with Gasteiger partial charge in [-0.2, -0.15) is 0 Å². The molecule has 0 saturated carbocycles. The smallest absolute Gasteiger partial charge is 0.116 e. The van der Waals surface area contributed by atoms with Gasteiger partial charge in [-0.05, 0) is 37.2 Å². The Kier molecular flexibility index (Phi) is 2.14. The molecule has 1 aliphatic rings. The molecule has 1 aliphatic heterocycles. The Morgan fingerprint density at radius 1 is 1.25 bits per heavy atom. The van der Waals surface area contributed by atoms with Gasteiger partial charge in [0.15, 0.2) is 0 Å². The quantitative estimate of drug-likeness (QED) is 0.706. The zero-order chi connectivity index (χ0) is 11.1. The van der Waals surface area contributed by atoms with Crippen molar-refractivity contribution in [3.8, 4) is 5.75 Å². The number of nitrogens with one attached hydrogen (secondary N) is 1. The fourth-order valence-electron chi connectivity index (χ4n) is 2.51. The molecule has 0 bridgehead atoms. The van der Waals surface area contributed by atoms with Crippen LogP contribution in [0.4, 0.5) is 0 Å². The van der Waals surface area contributed by atoms with Gasteiger partial charge in [0, 0.05) is 36.1 Å². The molecule has 0 saturated heterocycles. The molecule has 84 valence electrons. The number of likely N-dealkylation sites (N-methyl/N-ethyl adjacent to an activating group) is 1. The molecule has 1 aromatic heterocycles. The largest absolute Gasteiger partial charge is 0.508 e. The Labute approximate surface area is 94.7 Å². The Morgan fingerprint density at radius 3 is 2.94 bits per heavy atom. The van der Waals surface area contributed by atoms with E-state index >= 15 is 0 Å². The molecule has 2 heterocycles. The lowest BCUT2D eigenvalue weighted by Crippen LogP contribution is -2.20. The second-order valence-electron chi connectivity index (χ2n) is 4.62. The number of H-pyrrole nitrogens is 1. The average molecular weight is 216 g/mol. The number of fused-ring (bicyclic) bond motifs is 3. The van der Waals surface area contributed by atoms with E-state index in [2.05, 4.69) is 16.9 Å². The zero-order valence-corrected chi connectivity index (χ0v) is 9.45. The summed E-state index contributed by atoms with van der Waals surface area (Å²) in [4.78, 5) is 5.82. The predicted molar refractivity (Wildman–Crippen MR) is 64.9 cm³/mol. The third-order valence-electron chi connectivity index (χ3n) is 3.47. The van der Waals surface area contributed by atoms with Crippen molar-refractivity contribution in [1.82, 2.24) is 9.88 Å². The van der Waals surface area contributed by atoms with Gasteiger partial charge in [-0.3, -0.25) is 0 Å². The van der Waals surface area contributed by atoms with Crippen molar-refractivity contribution in [3.63, 3.8) is 0 Å². The van der Waals surface area contributed by atoms with E-state index < -0.39 is 0 Å². The van der Waals surface area contributed by atoms with Crippen LogP contribution in [0.5, 0.6) is 5.75 Å². The summed E-state index contributed by atoms with van der Waals surface area (Å²) in [6, 6.07) is 5.57. The maximum atomic E-state index is 9.55.